The van der Waals surface area contributed by atoms with Crippen molar-refractivity contribution in [3.8, 4) is 5.75 Å². The molecule has 1 heterocycles. The topological polar surface area (TPSA) is 39.7 Å². The smallest absolute Gasteiger partial charge is 0.132 e. The molecule has 0 spiro atoms. The summed E-state index contributed by atoms with van der Waals surface area (Å²) in [6.07, 6.45) is -0.327. The fourth-order valence-electron chi connectivity index (χ4n) is 3.30. The molecular weight excluding hydrogens is 302 g/mol. The summed E-state index contributed by atoms with van der Waals surface area (Å²) in [4.78, 5) is 0. The van der Waals surface area contributed by atoms with Gasteiger partial charge >= 0.3 is 0 Å². The first-order valence-electron chi connectivity index (χ1n) is 8.21. The van der Waals surface area contributed by atoms with Gasteiger partial charge < -0.3 is 19.5 Å². The van der Waals surface area contributed by atoms with Crippen molar-refractivity contribution in [2.45, 2.75) is 38.2 Å². The molecule has 0 aromatic heterocycles. The van der Waals surface area contributed by atoms with Gasteiger partial charge in [0.15, 0.2) is 0 Å². The second-order valence-corrected chi connectivity index (χ2v) is 6.61. The molecule has 0 aliphatic carbocycles. The molecule has 4 heteroatoms. The number of benzene rings is 2. The molecule has 0 fully saturated rings. The summed E-state index contributed by atoms with van der Waals surface area (Å²) < 4.78 is 17.5. The third kappa shape index (κ3) is 3.25. The van der Waals surface area contributed by atoms with Crippen molar-refractivity contribution in [3.63, 3.8) is 0 Å². The van der Waals surface area contributed by atoms with Crippen LogP contribution in [-0.4, -0.2) is 25.9 Å². The van der Waals surface area contributed by atoms with E-state index in [0.717, 1.165) is 23.5 Å². The first kappa shape index (κ1) is 16.8. The van der Waals surface area contributed by atoms with E-state index in [1.165, 1.54) is 5.56 Å². The van der Waals surface area contributed by atoms with Gasteiger partial charge in [-0.1, -0.05) is 30.3 Å². The third-order valence-electron chi connectivity index (χ3n) is 4.50. The summed E-state index contributed by atoms with van der Waals surface area (Å²) in [6, 6.07) is 16.5. The van der Waals surface area contributed by atoms with Crippen molar-refractivity contribution in [3.05, 3.63) is 59.7 Å². The number of anilines is 1. The van der Waals surface area contributed by atoms with E-state index in [1.807, 2.05) is 44.2 Å². The molecule has 0 saturated carbocycles. The Hall–Kier alpha value is -2.04. The van der Waals surface area contributed by atoms with Gasteiger partial charge in [-0.3, -0.25) is 0 Å². The van der Waals surface area contributed by atoms with Crippen molar-refractivity contribution in [2.75, 3.05) is 19.5 Å². The van der Waals surface area contributed by atoms with Gasteiger partial charge in [0.05, 0.1) is 0 Å². The fourth-order valence-corrected chi connectivity index (χ4v) is 3.30. The summed E-state index contributed by atoms with van der Waals surface area (Å²) >= 11 is 0. The molecule has 2 unspecified atom stereocenters. The minimum Gasteiger partial charge on any atom is -0.485 e. The molecular formula is C20H25NO3. The van der Waals surface area contributed by atoms with Gasteiger partial charge in [-0.25, -0.2) is 0 Å². The van der Waals surface area contributed by atoms with Gasteiger partial charge in [0.1, 0.15) is 23.6 Å². The average Bonchev–Trinajstić information content (AvgIpc) is 2.59. The lowest BCUT2D eigenvalue weighted by molar-refractivity contribution is -0.140. The van der Waals surface area contributed by atoms with Crippen molar-refractivity contribution >= 4 is 5.69 Å². The summed E-state index contributed by atoms with van der Waals surface area (Å²) in [7, 11) is 3.41. The molecule has 3 rings (SSSR count). The van der Waals surface area contributed by atoms with Crippen LogP contribution in [0.5, 0.6) is 5.75 Å². The number of nitrogens with one attached hydrogen (secondary N) is 1. The SMILES string of the molecule is COC1c2cc(NCc3ccccc3)ccc2OC(C)(C)C1OC. The Labute approximate surface area is 143 Å². The number of hydrogen-bond acceptors (Lipinski definition) is 4. The van der Waals surface area contributed by atoms with E-state index in [9.17, 15) is 0 Å². The molecule has 1 aliphatic heterocycles. The standard InChI is InChI=1S/C20H25NO3/c1-20(2)19(23-4)18(22-3)16-12-15(10-11-17(16)24-20)21-13-14-8-6-5-7-9-14/h5-12,18-19,21H,13H2,1-4H3. The number of rotatable bonds is 5. The van der Waals surface area contributed by atoms with Crippen molar-refractivity contribution < 1.29 is 14.2 Å². The quantitative estimate of drug-likeness (QED) is 0.894. The molecule has 128 valence electrons. The minimum atomic E-state index is -0.443. The predicted octanol–water partition coefficient (Wildman–Crippen LogP) is 4.17. The minimum absolute atomic E-state index is 0.160. The summed E-state index contributed by atoms with van der Waals surface area (Å²) in [5, 5.41) is 3.46. The lowest BCUT2D eigenvalue weighted by Gasteiger charge is -2.43. The van der Waals surface area contributed by atoms with Gasteiger partial charge in [0.25, 0.3) is 0 Å². The highest BCUT2D eigenvalue weighted by Gasteiger charge is 2.44. The molecule has 2 aromatic carbocycles. The van der Waals surface area contributed by atoms with E-state index in [1.54, 1.807) is 14.2 Å². The maximum absolute atomic E-state index is 6.14. The van der Waals surface area contributed by atoms with Crippen LogP contribution >= 0.6 is 0 Å². The van der Waals surface area contributed by atoms with Crippen LogP contribution < -0.4 is 10.1 Å². The zero-order valence-corrected chi connectivity index (χ0v) is 14.7. The van der Waals surface area contributed by atoms with Crippen molar-refractivity contribution in [1.29, 1.82) is 0 Å². The largest absolute Gasteiger partial charge is 0.485 e. The molecule has 2 atom stereocenters. The Kier molecular flexibility index (Phi) is 4.78. The monoisotopic (exact) mass is 327 g/mol. The van der Waals surface area contributed by atoms with Crippen LogP contribution in [0.2, 0.25) is 0 Å². The van der Waals surface area contributed by atoms with E-state index in [-0.39, 0.29) is 12.2 Å². The Bertz CT molecular complexity index is 685. The van der Waals surface area contributed by atoms with E-state index in [0.29, 0.717) is 0 Å². The van der Waals surface area contributed by atoms with Crippen LogP contribution in [0.1, 0.15) is 31.1 Å². The number of fused-ring (bicyclic) bond motifs is 1. The Morgan fingerprint density at radius 3 is 2.46 bits per heavy atom. The highest BCUT2D eigenvalue weighted by molar-refractivity contribution is 5.53. The van der Waals surface area contributed by atoms with E-state index in [2.05, 4.69) is 23.5 Å². The average molecular weight is 327 g/mol. The zero-order chi connectivity index (χ0) is 17.2. The van der Waals surface area contributed by atoms with Gasteiger partial charge in [-0.2, -0.15) is 0 Å². The molecule has 0 radical (unpaired) electrons. The molecule has 1 aliphatic rings. The molecule has 24 heavy (non-hydrogen) atoms. The summed E-state index contributed by atoms with van der Waals surface area (Å²) in [6.45, 7) is 4.83. The number of hydrogen-bond donors (Lipinski definition) is 1. The van der Waals surface area contributed by atoms with Crippen LogP contribution in [0, 0.1) is 0 Å². The second kappa shape index (κ2) is 6.83. The first-order chi connectivity index (χ1) is 11.5. The normalized spacial score (nSPS) is 21.7. The van der Waals surface area contributed by atoms with Gasteiger partial charge in [0.2, 0.25) is 0 Å². The highest BCUT2D eigenvalue weighted by atomic mass is 16.6. The maximum Gasteiger partial charge on any atom is 0.132 e. The summed E-state index contributed by atoms with van der Waals surface area (Å²) in [5.74, 6) is 0.852. The van der Waals surface area contributed by atoms with Crippen LogP contribution in [0.25, 0.3) is 0 Å². The molecule has 0 bridgehead atoms. The second-order valence-electron chi connectivity index (χ2n) is 6.61. The molecule has 4 nitrogen and oxygen atoms in total. The van der Waals surface area contributed by atoms with E-state index < -0.39 is 5.60 Å². The van der Waals surface area contributed by atoms with Crippen LogP contribution in [0.3, 0.4) is 0 Å². The van der Waals surface area contributed by atoms with Crippen molar-refractivity contribution in [2.24, 2.45) is 0 Å². The molecule has 1 N–H and O–H groups in total. The van der Waals surface area contributed by atoms with E-state index >= 15 is 0 Å². The lowest BCUT2D eigenvalue weighted by Crippen LogP contribution is -2.50. The Morgan fingerprint density at radius 2 is 1.79 bits per heavy atom. The lowest BCUT2D eigenvalue weighted by atomic mass is 9.88. The Balaban J connectivity index is 1.84. The summed E-state index contributed by atoms with van der Waals surface area (Å²) in [5.41, 5.74) is 2.85. The Morgan fingerprint density at radius 1 is 1.04 bits per heavy atom. The fraction of sp³-hybridized carbons (Fsp3) is 0.400. The van der Waals surface area contributed by atoms with Crippen LogP contribution in [-0.2, 0) is 16.0 Å². The van der Waals surface area contributed by atoms with Gasteiger partial charge in [-0.15, -0.1) is 0 Å². The van der Waals surface area contributed by atoms with Crippen LogP contribution in [0.4, 0.5) is 5.69 Å². The number of ether oxygens (including phenoxy) is 3. The van der Waals surface area contributed by atoms with Crippen LogP contribution in [0.15, 0.2) is 48.5 Å². The maximum atomic E-state index is 6.14. The molecule has 2 aromatic rings. The molecule has 0 amide bonds. The molecule has 0 saturated heterocycles. The zero-order valence-electron chi connectivity index (χ0n) is 14.7. The van der Waals surface area contributed by atoms with E-state index in [4.69, 9.17) is 14.2 Å². The third-order valence-corrected chi connectivity index (χ3v) is 4.50. The van der Waals surface area contributed by atoms with Crippen molar-refractivity contribution in [1.82, 2.24) is 0 Å². The predicted molar refractivity (Wildman–Crippen MR) is 95.5 cm³/mol. The highest BCUT2D eigenvalue weighted by Crippen LogP contribution is 2.43. The van der Waals surface area contributed by atoms with Gasteiger partial charge in [0, 0.05) is 32.0 Å². The van der Waals surface area contributed by atoms with Gasteiger partial charge in [-0.05, 0) is 37.6 Å². The number of methoxy groups -OCH3 is 2. The first-order valence-corrected chi connectivity index (χ1v) is 8.21.